The molecule has 1 saturated heterocycles. The first-order chi connectivity index (χ1) is 14.0. The normalized spacial score (nSPS) is 14.7. The van der Waals surface area contributed by atoms with E-state index in [1.807, 2.05) is 30.3 Å². The van der Waals surface area contributed by atoms with Gasteiger partial charge in [-0.15, -0.1) is 11.8 Å². The largest absolute Gasteiger partial charge is 0.381 e. The van der Waals surface area contributed by atoms with E-state index in [-0.39, 0.29) is 11.7 Å². The van der Waals surface area contributed by atoms with E-state index in [1.165, 1.54) is 0 Å². The summed E-state index contributed by atoms with van der Waals surface area (Å²) in [5, 5.41) is 0. The van der Waals surface area contributed by atoms with Crippen LogP contribution in [0.3, 0.4) is 0 Å². The summed E-state index contributed by atoms with van der Waals surface area (Å²) in [5.74, 6) is 1.03. The first kappa shape index (κ1) is 21.8. The molecule has 1 aliphatic heterocycles. The Hall–Kier alpha value is -1.89. The third-order valence-electron chi connectivity index (χ3n) is 5.10. The van der Waals surface area contributed by atoms with Crippen molar-refractivity contribution < 1.29 is 18.7 Å². The van der Waals surface area contributed by atoms with Crippen molar-refractivity contribution in [1.29, 1.82) is 0 Å². The smallest absolute Gasteiger partial charge is 0.223 e. The fourth-order valence-corrected chi connectivity index (χ4v) is 4.16. The molecule has 0 aliphatic carbocycles. The molecule has 0 saturated carbocycles. The summed E-state index contributed by atoms with van der Waals surface area (Å²) in [7, 11) is 1.75. The standard InChI is InChI=1S/C23H28FNO3S/c1-17(26)25(2)22-5-3-19(4-6-22)16-29-23-12-20(11-21(24)13-23)15-28-14-18-7-9-27-10-8-18/h3-6,11-13,18H,7-10,14-16H2,1-2H3. The van der Waals surface area contributed by atoms with Gasteiger partial charge in [0.1, 0.15) is 5.82 Å². The van der Waals surface area contributed by atoms with Crippen LogP contribution in [0.4, 0.5) is 10.1 Å². The van der Waals surface area contributed by atoms with Crippen LogP contribution in [0.2, 0.25) is 0 Å². The van der Waals surface area contributed by atoms with Crippen molar-refractivity contribution in [3.8, 4) is 0 Å². The van der Waals surface area contributed by atoms with E-state index < -0.39 is 0 Å². The molecule has 0 atom stereocenters. The van der Waals surface area contributed by atoms with Gasteiger partial charge in [-0.2, -0.15) is 0 Å². The topological polar surface area (TPSA) is 38.8 Å². The zero-order valence-corrected chi connectivity index (χ0v) is 17.8. The minimum atomic E-state index is -0.238. The molecule has 2 aromatic rings. The Balaban J connectivity index is 1.52. The molecule has 0 unspecified atom stereocenters. The first-order valence-corrected chi connectivity index (χ1v) is 10.9. The lowest BCUT2D eigenvalue weighted by Crippen LogP contribution is -2.22. The molecule has 0 bridgehead atoms. The second-order valence-electron chi connectivity index (χ2n) is 7.40. The van der Waals surface area contributed by atoms with E-state index in [9.17, 15) is 9.18 Å². The summed E-state index contributed by atoms with van der Waals surface area (Å²) >= 11 is 1.59. The van der Waals surface area contributed by atoms with E-state index in [1.54, 1.807) is 42.8 Å². The van der Waals surface area contributed by atoms with Gasteiger partial charge in [-0.05, 0) is 60.2 Å². The van der Waals surface area contributed by atoms with Gasteiger partial charge in [0.25, 0.3) is 0 Å². The highest BCUT2D eigenvalue weighted by molar-refractivity contribution is 7.98. The fraction of sp³-hybridized carbons (Fsp3) is 0.435. The molecule has 1 heterocycles. The summed E-state index contributed by atoms with van der Waals surface area (Å²) in [6.45, 7) is 4.28. The maximum absolute atomic E-state index is 14.0. The minimum Gasteiger partial charge on any atom is -0.381 e. The Morgan fingerprint density at radius 1 is 1.17 bits per heavy atom. The highest BCUT2D eigenvalue weighted by Crippen LogP contribution is 2.26. The van der Waals surface area contributed by atoms with Gasteiger partial charge >= 0.3 is 0 Å². The van der Waals surface area contributed by atoms with Crippen molar-refractivity contribution in [2.45, 2.75) is 37.0 Å². The van der Waals surface area contributed by atoms with Crippen LogP contribution in [0, 0.1) is 11.7 Å². The lowest BCUT2D eigenvalue weighted by atomic mass is 10.0. The summed E-state index contributed by atoms with van der Waals surface area (Å²) in [6.07, 6.45) is 2.07. The Morgan fingerprint density at radius 2 is 1.90 bits per heavy atom. The van der Waals surface area contributed by atoms with Gasteiger partial charge in [-0.1, -0.05) is 12.1 Å². The van der Waals surface area contributed by atoms with Crippen molar-refractivity contribution in [3.63, 3.8) is 0 Å². The molecule has 6 heteroatoms. The van der Waals surface area contributed by atoms with Gasteiger partial charge < -0.3 is 14.4 Å². The van der Waals surface area contributed by atoms with E-state index in [4.69, 9.17) is 9.47 Å². The summed E-state index contributed by atoms with van der Waals surface area (Å²) in [5.41, 5.74) is 2.84. The second kappa shape index (κ2) is 10.8. The first-order valence-electron chi connectivity index (χ1n) is 9.92. The molecule has 3 rings (SSSR count). The highest BCUT2D eigenvalue weighted by atomic mass is 32.2. The quantitative estimate of drug-likeness (QED) is 0.564. The number of carbonyl (C=O) groups is 1. The van der Waals surface area contributed by atoms with Crippen molar-refractivity contribution in [2.75, 3.05) is 31.8 Å². The van der Waals surface area contributed by atoms with Gasteiger partial charge in [-0.3, -0.25) is 4.79 Å². The minimum absolute atomic E-state index is 0.00143. The molecule has 0 N–H and O–H groups in total. The number of anilines is 1. The number of carbonyl (C=O) groups excluding carboxylic acids is 1. The van der Waals surface area contributed by atoms with Gasteiger partial charge in [0, 0.05) is 43.5 Å². The van der Waals surface area contributed by atoms with Crippen molar-refractivity contribution in [1.82, 2.24) is 0 Å². The summed E-state index contributed by atoms with van der Waals surface area (Å²) in [6, 6.07) is 13.0. The summed E-state index contributed by atoms with van der Waals surface area (Å²) in [4.78, 5) is 13.9. The monoisotopic (exact) mass is 417 g/mol. The zero-order valence-electron chi connectivity index (χ0n) is 17.0. The van der Waals surface area contributed by atoms with Crippen LogP contribution >= 0.6 is 11.8 Å². The number of ether oxygens (including phenoxy) is 2. The molecule has 156 valence electrons. The number of hydrogen-bond donors (Lipinski definition) is 0. The molecule has 0 aromatic heterocycles. The lowest BCUT2D eigenvalue weighted by Gasteiger charge is -2.21. The molecule has 29 heavy (non-hydrogen) atoms. The third kappa shape index (κ3) is 6.84. The predicted molar refractivity (Wildman–Crippen MR) is 115 cm³/mol. The van der Waals surface area contributed by atoms with Crippen molar-refractivity contribution in [2.24, 2.45) is 5.92 Å². The van der Waals surface area contributed by atoms with Crippen molar-refractivity contribution >= 4 is 23.4 Å². The maximum atomic E-state index is 14.0. The number of benzene rings is 2. The van der Waals surface area contributed by atoms with Crippen LogP contribution in [0.1, 0.15) is 30.9 Å². The van der Waals surface area contributed by atoms with Crippen LogP contribution in [0.15, 0.2) is 47.4 Å². The van der Waals surface area contributed by atoms with Crippen LogP contribution in [-0.4, -0.2) is 32.8 Å². The summed E-state index contributed by atoms with van der Waals surface area (Å²) < 4.78 is 25.2. The molecular formula is C23H28FNO3S. The molecule has 1 fully saturated rings. The molecule has 0 radical (unpaired) electrons. The molecule has 1 amide bonds. The number of nitrogens with zero attached hydrogens (tertiary/aromatic N) is 1. The SMILES string of the molecule is CC(=O)N(C)c1ccc(CSc2cc(F)cc(COCC3CCOCC3)c2)cc1. The Bertz CT molecular complexity index is 806. The Kier molecular flexibility index (Phi) is 8.09. The van der Waals surface area contributed by atoms with Crippen LogP contribution < -0.4 is 4.90 Å². The predicted octanol–water partition coefficient (Wildman–Crippen LogP) is 5.04. The van der Waals surface area contributed by atoms with Gasteiger partial charge in [0.15, 0.2) is 0 Å². The average molecular weight is 418 g/mol. The number of halogens is 1. The van der Waals surface area contributed by atoms with E-state index in [0.717, 1.165) is 53.5 Å². The maximum Gasteiger partial charge on any atom is 0.223 e. The Morgan fingerprint density at radius 3 is 2.59 bits per heavy atom. The number of hydrogen-bond acceptors (Lipinski definition) is 4. The number of rotatable bonds is 8. The lowest BCUT2D eigenvalue weighted by molar-refractivity contribution is -0.116. The molecule has 4 nitrogen and oxygen atoms in total. The van der Waals surface area contributed by atoms with E-state index in [0.29, 0.717) is 19.1 Å². The number of thioether (sulfide) groups is 1. The fourth-order valence-electron chi connectivity index (χ4n) is 3.21. The zero-order chi connectivity index (χ0) is 20.6. The second-order valence-corrected chi connectivity index (χ2v) is 8.45. The van der Waals surface area contributed by atoms with E-state index >= 15 is 0 Å². The third-order valence-corrected chi connectivity index (χ3v) is 6.14. The Labute approximate surface area is 176 Å². The molecule has 1 aliphatic rings. The van der Waals surface area contributed by atoms with Gasteiger partial charge in [-0.25, -0.2) is 4.39 Å². The van der Waals surface area contributed by atoms with Gasteiger partial charge in [0.05, 0.1) is 13.2 Å². The molecule has 0 spiro atoms. The van der Waals surface area contributed by atoms with E-state index in [2.05, 4.69) is 0 Å². The average Bonchev–Trinajstić information content (AvgIpc) is 2.72. The van der Waals surface area contributed by atoms with Gasteiger partial charge in [0.2, 0.25) is 5.91 Å². The van der Waals surface area contributed by atoms with Crippen LogP contribution in [0.25, 0.3) is 0 Å². The molecule has 2 aromatic carbocycles. The van der Waals surface area contributed by atoms with Crippen LogP contribution in [0.5, 0.6) is 0 Å². The molecular weight excluding hydrogens is 389 g/mol. The van der Waals surface area contributed by atoms with Crippen molar-refractivity contribution in [3.05, 3.63) is 59.4 Å². The number of amides is 1. The highest BCUT2D eigenvalue weighted by Gasteiger charge is 2.14. The van der Waals surface area contributed by atoms with Crippen LogP contribution in [-0.2, 0) is 26.6 Å².